The maximum atomic E-state index is 14.5. The maximum Gasteiger partial charge on any atom is 0.270 e. The van der Waals surface area contributed by atoms with E-state index in [1.54, 1.807) is 17.0 Å². The number of morpholine rings is 1. The summed E-state index contributed by atoms with van der Waals surface area (Å²) in [6.45, 7) is 6.16. The zero-order valence-corrected chi connectivity index (χ0v) is 12.3. The number of nitrogens with one attached hydrogen (secondary N) is 1. The molecule has 1 saturated heterocycles. The van der Waals surface area contributed by atoms with Gasteiger partial charge < -0.3 is 14.6 Å². The number of ether oxygens (including phenoxy) is 1. The van der Waals surface area contributed by atoms with Crippen molar-refractivity contribution in [3.63, 3.8) is 0 Å². The summed E-state index contributed by atoms with van der Waals surface area (Å²) in [5.74, 6) is -0.250. The SMILES string of the molecule is CC(C)c1ccc2cc(C(=O)N3CCOCC3)[nH]c2c1F. The molecule has 1 N–H and O–H groups in total. The van der Waals surface area contributed by atoms with Crippen LogP contribution in [-0.2, 0) is 4.74 Å². The van der Waals surface area contributed by atoms with Crippen LogP contribution < -0.4 is 0 Å². The van der Waals surface area contributed by atoms with E-state index in [1.807, 2.05) is 19.9 Å². The number of nitrogens with zero attached hydrogens (tertiary/aromatic N) is 1. The molecule has 1 fully saturated rings. The van der Waals surface area contributed by atoms with Gasteiger partial charge in [-0.2, -0.15) is 0 Å². The summed E-state index contributed by atoms with van der Waals surface area (Å²) in [5, 5.41) is 0.730. The van der Waals surface area contributed by atoms with E-state index in [0.717, 1.165) is 5.39 Å². The molecule has 1 aromatic heterocycles. The predicted octanol–water partition coefficient (Wildman–Crippen LogP) is 2.90. The third-order valence-corrected chi connectivity index (χ3v) is 3.91. The number of benzene rings is 1. The summed E-state index contributed by atoms with van der Waals surface area (Å²) in [7, 11) is 0. The van der Waals surface area contributed by atoms with Gasteiger partial charge in [-0.15, -0.1) is 0 Å². The van der Waals surface area contributed by atoms with Gasteiger partial charge in [0.1, 0.15) is 5.69 Å². The second-order valence-corrected chi connectivity index (χ2v) is 5.68. The molecule has 0 radical (unpaired) electrons. The molecule has 3 rings (SSSR count). The number of hydrogen-bond acceptors (Lipinski definition) is 2. The van der Waals surface area contributed by atoms with Gasteiger partial charge in [0, 0.05) is 18.5 Å². The first-order chi connectivity index (χ1) is 10.1. The van der Waals surface area contributed by atoms with Crippen LogP contribution in [0.15, 0.2) is 18.2 Å². The molecule has 5 heteroatoms. The number of carbonyl (C=O) groups is 1. The molecule has 0 unspecified atom stereocenters. The first kappa shape index (κ1) is 14.1. The van der Waals surface area contributed by atoms with Crippen LogP contribution in [0.5, 0.6) is 0 Å². The molecule has 1 aromatic carbocycles. The Balaban J connectivity index is 1.97. The van der Waals surface area contributed by atoms with Crippen LogP contribution in [0.2, 0.25) is 0 Å². The van der Waals surface area contributed by atoms with E-state index in [-0.39, 0.29) is 17.6 Å². The molecule has 2 heterocycles. The van der Waals surface area contributed by atoms with Crippen molar-refractivity contribution in [1.29, 1.82) is 0 Å². The van der Waals surface area contributed by atoms with Crippen molar-refractivity contribution in [2.45, 2.75) is 19.8 Å². The summed E-state index contributed by atoms with van der Waals surface area (Å²) in [6.07, 6.45) is 0. The van der Waals surface area contributed by atoms with Gasteiger partial charge in [-0.3, -0.25) is 4.79 Å². The molecule has 0 spiro atoms. The summed E-state index contributed by atoms with van der Waals surface area (Å²) in [5.41, 5.74) is 1.51. The van der Waals surface area contributed by atoms with E-state index >= 15 is 0 Å². The normalized spacial score (nSPS) is 15.9. The van der Waals surface area contributed by atoms with E-state index in [4.69, 9.17) is 4.74 Å². The van der Waals surface area contributed by atoms with Crippen LogP contribution in [-0.4, -0.2) is 42.1 Å². The number of aromatic nitrogens is 1. The fraction of sp³-hybridized carbons (Fsp3) is 0.438. The van der Waals surface area contributed by atoms with Gasteiger partial charge in [0.15, 0.2) is 5.82 Å². The first-order valence-electron chi connectivity index (χ1n) is 7.26. The Morgan fingerprint density at radius 3 is 2.71 bits per heavy atom. The van der Waals surface area contributed by atoms with Crippen LogP contribution in [0, 0.1) is 5.82 Å². The van der Waals surface area contributed by atoms with Crippen LogP contribution in [0.4, 0.5) is 4.39 Å². The monoisotopic (exact) mass is 290 g/mol. The lowest BCUT2D eigenvalue weighted by Crippen LogP contribution is -2.40. The van der Waals surface area contributed by atoms with Crippen LogP contribution in [0.3, 0.4) is 0 Å². The number of aromatic amines is 1. The molecule has 0 saturated carbocycles. The fourth-order valence-corrected chi connectivity index (χ4v) is 2.68. The van der Waals surface area contributed by atoms with Gasteiger partial charge >= 0.3 is 0 Å². The minimum Gasteiger partial charge on any atom is -0.378 e. The fourth-order valence-electron chi connectivity index (χ4n) is 2.68. The molecule has 0 aliphatic carbocycles. The topological polar surface area (TPSA) is 45.3 Å². The second kappa shape index (κ2) is 5.48. The van der Waals surface area contributed by atoms with Crippen LogP contribution >= 0.6 is 0 Å². The molecular weight excluding hydrogens is 271 g/mol. The molecule has 2 aromatic rings. The standard InChI is InChI=1S/C16H19FN2O2/c1-10(2)12-4-3-11-9-13(18-15(11)14(12)17)16(20)19-5-7-21-8-6-19/h3-4,9-10,18H,5-8H2,1-2H3. The molecule has 21 heavy (non-hydrogen) atoms. The molecule has 112 valence electrons. The van der Waals surface area contributed by atoms with E-state index in [9.17, 15) is 9.18 Å². The Morgan fingerprint density at radius 2 is 2.05 bits per heavy atom. The van der Waals surface area contributed by atoms with Crippen LogP contribution in [0.25, 0.3) is 10.9 Å². The average molecular weight is 290 g/mol. The van der Waals surface area contributed by atoms with E-state index in [2.05, 4.69) is 4.98 Å². The minimum absolute atomic E-state index is 0.0972. The third-order valence-electron chi connectivity index (χ3n) is 3.91. The highest BCUT2D eigenvalue weighted by molar-refractivity contribution is 5.98. The second-order valence-electron chi connectivity index (χ2n) is 5.68. The summed E-state index contributed by atoms with van der Waals surface area (Å²) >= 11 is 0. The van der Waals surface area contributed by atoms with Gasteiger partial charge in [0.05, 0.1) is 18.7 Å². The zero-order valence-electron chi connectivity index (χ0n) is 12.3. The maximum absolute atomic E-state index is 14.5. The smallest absolute Gasteiger partial charge is 0.270 e. The Bertz CT molecular complexity index is 672. The molecule has 1 amide bonds. The lowest BCUT2D eigenvalue weighted by atomic mass is 10.0. The number of carbonyl (C=O) groups excluding carboxylic acids is 1. The lowest BCUT2D eigenvalue weighted by molar-refractivity contribution is 0.0299. The number of H-pyrrole nitrogens is 1. The number of amides is 1. The number of fused-ring (bicyclic) bond motifs is 1. The number of hydrogen-bond donors (Lipinski definition) is 1. The highest BCUT2D eigenvalue weighted by atomic mass is 19.1. The largest absolute Gasteiger partial charge is 0.378 e. The quantitative estimate of drug-likeness (QED) is 0.924. The van der Waals surface area contributed by atoms with E-state index in [0.29, 0.717) is 43.1 Å². The molecule has 1 aliphatic rings. The van der Waals surface area contributed by atoms with E-state index in [1.165, 1.54) is 0 Å². The summed E-state index contributed by atoms with van der Waals surface area (Å²) < 4.78 is 19.7. The van der Waals surface area contributed by atoms with Crippen molar-refractivity contribution in [3.05, 3.63) is 35.3 Å². The van der Waals surface area contributed by atoms with Gasteiger partial charge in [-0.1, -0.05) is 26.0 Å². The van der Waals surface area contributed by atoms with Crippen molar-refractivity contribution in [2.24, 2.45) is 0 Å². The van der Waals surface area contributed by atoms with E-state index < -0.39 is 0 Å². The zero-order chi connectivity index (χ0) is 15.0. The molecular formula is C16H19FN2O2. The Morgan fingerprint density at radius 1 is 1.33 bits per heavy atom. The molecule has 0 atom stereocenters. The summed E-state index contributed by atoms with van der Waals surface area (Å²) in [4.78, 5) is 17.1. The Kier molecular flexibility index (Phi) is 3.68. The average Bonchev–Trinajstić information content (AvgIpc) is 2.92. The van der Waals surface area contributed by atoms with Crippen molar-refractivity contribution in [2.75, 3.05) is 26.3 Å². The van der Waals surface area contributed by atoms with Crippen molar-refractivity contribution in [3.8, 4) is 0 Å². The lowest BCUT2D eigenvalue weighted by Gasteiger charge is -2.26. The van der Waals surface area contributed by atoms with Crippen molar-refractivity contribution < 1.29 is 13.9 Å². The van der Waals surface area contributed by atoms with Gasteiger partial charge in [-0.25, -0.2) is 4.39 Å². The van der Waals surface area contributed by atoms with Gasteiger partial charge in [-0.05, 0) is 17.5 Å². The van der Waals surface area contributed by atoms with Crippen LogP contribution in [0.1, 0.15) is 35.8 Å². The van der Waals surface area contributed by atoms with Gasteiger partial charge in [0.25, 0.3) is 5.91 Å². The van der Waals surface area contributed by atoms with Crippen molar-refractivity contribution >= 4 is 16.8 Å². The highest BCUT2D eigenvalue weighted by Crippen LogP contribution is 2.26. The Labute approximate surface area is 122 Å². The molecule has 1 aliphatic heterocycles. The summed E-state index contributed by atoms with van der Waals surface area (Å²) in [6, 6.07) is 5.37. The minimum atomic E-state index is -0.261. The first-order valence-corrected chi connectivity index (χ1v) is 7.26. The number of halogens is 1. The third kappa shape index (κ3) is 2.53. The van der Waals surface area contributed by atoms with Gasteiger partial charge in [0.2, 0.25) is 0 Å². The Hall–Kier alpha value is -1.88. The predicted molar refractivity (Wildman–Crippen MR) is 79.1 cm³/mol. The molecule has 0 bridgehead atoms. The van der Waals surface area contributed by atoms with Crippen molar-refractivity contribution in [1.82, 2.24) is 9.88 Å². The molecule has 4 nitrogen and oxygen atoms in total. The number of rotatable bonds is 2. The highest BCUT2D eigenvalue weighted by Gasteiger charge is 2.21.